The summed E-state index contributed by atoms with van der Waals surface area (Å²) in [5.74, 6) is -1.18. The third-order valence-corrected chi connectivity index (χ3v) is 7.54. The minimum atomic E-state index is -3.64. The first kappa shape index (κ1) is 21.3. The lowest BCUT2D eigenvalue weighted by molar-refractivity contribution is -0.151. The van der Waals surface area contributed by atoms with Crippen LogP contribution in [0.1, 0.15) is 35.3 Å². The van der Waals surface area contributed by atoms with Crippen LogP contribution < -0.4 is 0 Å². The van der Waals surface area contributed by atoms with E-state index in [2.05, 4.69) is 4.98 Å². The fourth-order valence-corrected chi connectivity index (χ4v) is 5.17. The number of rotatable bonds is 6. The molecule has 0 saturated carbocycles. The van der Waals surface area contributed by atoms with Crippen molar-refractivity contribution in [3.8, 4) is 0 Å². The lowest BCUT2D eigenvalue weighted by atomic mass is 9.96. The van der Waals surface area contributed by atoms with Gasteiger partial charge in [-0.1, -0.05) is 42.5 Å². The van der Waals surface area contributed by atoms with Crippen LogP contribution in [0, 0.1) is 0 Å². The molecule has 1 aliphatic rings. The molecule has 162 valence electrons. The Morgan fingerprint density at radius 3 is 2.55 bits per heavy atom. The van der Waals surface area contributed by atoms with Gasteiger partial charge in [-0.15, -0.1) is 0 Å². The maximum Gasteiger partial charge on any atom is 0.325 e. The van der Waals surface area contributed by atoms with Crippen molar-refractivity contribution in [2.24, 2.45) is 0 Å². The highest BCUT2D eigenvalue weighted by Gasteiger charge is 2.40. The standard InChI is InChI=1S/C23H24N2O5S/c1-3-31(28,29)25-14-17-9-5-4-8-16(17)12-21(25)23(27)30-15(2)22(26)19-13-24-20-11-7-6-10-18(19)20/h4-11,13,15,21,24H,3,12,14H2,1-2H3/t15-,21+/m1/s1. The van der Waals surface area contributed by atoms with E-state index in [0.29, 0.717) is 5.56 Å². The number of ketones is 1. The van der Waals surface area contributed by atoms with Crippen LogP contribution in [-0.4, -0.2) is 47.4 Å². The molecule has 1 aliphatic heterocycles. The fourth-order valence-electron chi connectivity index (χ4n) is 3.96. The molecular formula is C23H24N2O5S. The third kappa shape index (κ3) is 4.00. The lowest BCUT2D eigenvalue weighted by Crippen LogP contribution is -2.50. The molecule has 4 rings (SSSR count). The number of Topliss-reactive ketones (excluding diaryl/α,β-unsaturated/α-hetero) is 1. The fraction of sp³-hybridized carbons (Fsp3) is 0.304. The molecule has 3 aromatic rings. The molecule has 0 unspecified atom stereocenters. The number of esters is 1. The second-order valence-corrected chi connectivity index (χ2v) is 9.84. The Balaban J connectivity index is 1.57. The highest BCUT2D eigenvalue weighted by atomic mass is 32.2. The summed E-state index contributed by atoms with van der Waals surface area (Å²) in [6.45, 7) is 3.16. The summed E-state index contributed by atoms with van der Waals surface area (Å²) in [6, 6.07) is 13.8. The zero-order valence-corrected chi connectivity index (χ0v) is 18.2. The zero-order chi connectivity index (χ0) is 22.2. The summed E-state index contributed by atoms with van der Waals surface area (Å²) in [4.78, 5) is 29.0. The van der Waals surface area contributed by atoms with Gasteiger partial charge in [-0.05, 0) is 31.0 Å². The van der Waals surface area contributed by atoms with Gasteiger partial charge < -0.3 is 9.72 Å². The molecule has 7 nitrogen and oxygen atoms in total. The van der Waals surface area contributed by atoms with Gasteiger partial charge in [0.15, 0.2) is 6.10 Å². The van der Waals surface area contributed by atoms with Crippen molar-refractivity contribution in [1.29, 1.82) is 0 Å². The second-order valence-electron chi connectivity index (χ2n) is 7.63. The van der Waals surface area contributed by atoms with Crippen molar-refractivity contribution in [2.45, 2.75) is 39.0 Å². The minimum Gasteiger partial charge on any atom is -0.453 e. The molecule has 8 heteroatoms. The van der Waals surface area contributed by atoms with E-state index in [1.54, 1.807) is 13.1 Å². The molecule has 0 fully saturated rings. The average Bonchev–Trinajstić information content (AvgIpc) is 3.21. The molecule has 0 spiro atoms. The summed E-state index contributed by atoms with van der Waals surface area (Å²) in [6.07, 6.45) is 0.764. The first-order chi connectivity index (χ1) is 14.8. The van der Waals surface area contributed by atoms with E-state index in [1.807, 2.05) is 48.5 Å². The summed E-state index contributed by atoms with van der Waals surface area (Å²) >= 11 is 0. The number of carbonyl (C=O) groups is 2. The van der Waals surface area contributed by atoms with Crippen LogP contribution in [0.2, 0.25) is 0 Å². The van der Waals surface area contributed by atoms with E-state index in [0.717, 1.165) is 22.0 Å². The number of sulfonamides is 1. The Labute approximate surface area is 181 Å². The molecule has 2 aromatic carbocycles. The maximum absolute atomic E-state index is 13.0. The first-order valence-corrected chi connectivity index (χ1v) is 11.8. The number of fused-ring (bicyclic) bond motifs is 2. The number of benzene rings is 2. The van der Waals surface area contributed by atoms with Crippen molar-refractivity contribution < 1.29 is 22.7 Å². The number of carbonyl (C=O) groups excluding carboxylic acids is 2. The quantitative estimate of drug-likeness (QED) is 0.469. The summed E-state index contributed by atoms with van der Waals surface area (Å²) in [5.41, 5.74) is 3.02. The zero-order valence-electron chi connectivity index (χ0n) is 17.4. The van der Waals surface area contributed by atoms with Gasteiger partial charge in [0.2, 0.25) is 15.8 Å². The number of nitrogens with one attached hydrogen (secondary N) is 1. The van der Waals surface area contributed by atoms with Crippen LogP contribution in [0.5, 0.6) is 0 Å². The normalized spacial score (nSPS) is 17.8. The average molecular weight is 441 g/mol. The van der Waals surface area contributed by atoms with E-state index in [1.165, 1.54) is 11.2 Å². The van der Waals surface area contributed by atoms with Crippen LogP contribution >= 0.6 is 0 Å². The molecule has 1 aromatic heterocycles. The SMILES string of the molecule is CCS(=O)(=O)N1Cc2ccccc2C[C@H]1C(=O)O[C@H](C)C(=O)c1c[nH]c2ccccc12. The minimum absolute atomic E-state index is 0.108. The van der Waals surface area contributed by atoms with Gasteiger partial charge >= 0.3 is 5.97 Å². The largest absolute Gasteiger partial charge is 0.453 e. The molecule has 0 bridgehead atoms. The smallest absolute Gasteiger partial charge is 0.325 e. The molecule has 0 saturated heterocycles. The number of para-hydroxylation sites is 1. The van der Waals surface area contributed by atoms with Crippen LogP contribution in [0.4, 0.5) is 0 Å². The maximum atomic E-state index is 13.0. The monoisotopic (exact) mass is 440 g/mol. The molecule has 2 heterocycles. The van der Waals surface area contributed by atoms with Crippen molar-refractivity contribution >= 4 is 32.7 Å². The Morgan fingerprint density at radius 2 is 1.81 bits per heavy atom. The Morgan fingerprint density at radius 1 is 1.13 bits per heavy atom. The Hall–Kier alpha value is -2.97. The van der Waals surface area contributed by atoms with Crippen molar-refractivity contribution in [3.63, 3.8) is 0 Å². The summed E-state index contributed by atoms with van der Waals surface area (Å²) in [5, 5.41) is 0.747. The van der Waals surface area contributed by atoms with Gasteiger partial charge in [-0.25, -0.2) is 8.42 Å². The highest BCUT2D eigenvalue weighted by molar-refractivity contribution is 7.89. The van der Waals surface area contributed by atoms with Gasteiger partial charge in [-0.2, -0.15) is 4.31 Å². The number of aromatic amines is 1. The number of H-pyrrole nitrogens is 1. The van der Waals surface area contributed by atoms with Gasteiger partial charge in [0, 0.05) is 35.6 Å². The molecule has 0 radical (unpaired) electrons. The van der Waals surface area contributed by atoms with E-state index in [9.17, 15) is 18.0 Å². The van der Waals surface area contributed by atoms with E-state index in [-0.39, 0.29) is 24.5 Å². The second kappa shape index (κ2) is 8.28. The summed E-state index contributed by atoms with van der Waals surface area (Å²) < 4.78 is 32.1. The van der Waals surface area contributed by atoms with Gasteiger partial charge in [-0.3, -0.25) is 9.59 Å². The van der Waals surface area contributed by atoms with Gasteiger partial charge in [0.25, 0.3) is 0 Å². The predicted molar refractivity (Wildman–Crippen MR) is 117 cm³/mol. The Kier molecular flexibility index (Phi) is 5.68. The van der Waals surface area contributed by atoms with Crippen molar-refractivity contribution in [2.75, 3.05) is 5.75 Å². The number of hydrogen-bond acceptors (Lipinski definition) is 5. The lowest BCUT2D eigenvalue weighted by Gasteiger charge is -2.34. The van der Waals surface area contributed by atoms with Gasteiger partial charge in [0.1, 0.15) is 6.04 Å². The molecule has 0 amide bonds. The molecular weight excluding hydrogens is 416 g/mol. The van der Waals surface area contributed by atoms with Crippen LogP contribution in [0.3, 0.4) is 0 Å². The van der Waals surface area contributed by atoms with E-state index < -0.39 is 28.1 Å². The number of nitrogens with zero attached hydrogens (tertiary/aromatic N) is 1. The van der Waals surface area contributed by atoms with Crippen LogP contribution in [0.15, 0.2) is 54.7 Å². The van der Waals surface area contributed by atoms with Crippen molar-refractivity contribution in [1.82, 2.24) is 9.29 Å². The van der Waals surface area contributed by atoms with E-state index >= 15 is 0 Å². The number of hydrogen-bond donors (Lipinski definition) is 1. The van der Waals surface area contributed by atoms with Crippen molar-refractivity contribution in [3.05, 3.63) is 71.4 Å². The Bertz CT molecular complexity index is 1250. The molecule has 31 heavy (non-hydrogen) atoms. The van der Waals surface area contributed by atoms with Gasteiger partial charge in [0.05, 0.1) is 5.75 Å². The molecule has 1 N–H and O–H groups in total. The number of aromatic nitrogens is 1. The van der Waals surface area contributed by atoms with Crippen LogP contribution in [0.25, 0.3) is 10.9 Å². The summed E-state index contributed by atoms with van der Waals surface area (Å²) in [7, 11) is -3.64. The topological polar surface area (TPSA) is 96.5 Å². The molecule has 0 aliphatic carbocycles. The van der Waals surface area contributed by atoms with E-state index in [4.69, 9.17) is 4.74 Å². The predicted octanol–water partition coefficient (Wildman–Crippen LogP) is 3.06. The van der Waals surface area contributed by atoms with Crippen LogP contribution in [-0.2, 0) is 32.5 Å². The first-order valence-electron chi connectivity index (χ1n) is 10.2. The molecule has 2 atom stereocenters. The number of ether oxygens (including phenoxy) is 1. The third-order valence-electron chi connectivity index (χ3n) is 5.72. The highest BCUT2D eigenvalue weighted by Crippen LogP contribution is 2.27.